The molecule has 1 aromatic carbocycles. The highest BCUT2D eigenvalue weighted by Gasteiger charge is 2.41. The van der Waals surface area contributed by atoms with Crippen molar-refractivity contribution in [1.29, 1.82) is 0 Å². The lowest BCUT2D eigenvalue weighted by molar-refractivity contribution is 0.0332. The van der Waals surface area contributed by atoms with E-state index in [-0.39, 0.29) is 5.02 Å². The molecule has 0 radical (unpaired) electrons. The molecule has 0 N–H and O–H groups in total. The first-order valence-corrected chi connectivity index (χ1v) is 12.7. The number of amidine groups is 1. The summed E-state index contributed by atoms with van der Waals surface area (Å²) in [6, 6.07) is 3.50. The van der Waals surface area contributed by atoms with E-state index in [0.29, 0.717) is 21.2 Å². The van der Waals surface area contributed by atoms with E-state index in [1.54, 1.807) is 6.07 Å². The van der Waals surface area contributed by atoms with Crippen molar-refractivity contribution in [3.63, 3.8) is 0 Å². The summed E-state index contributed by atoms with van der Waals surface area (Å²) in [6.07, 6.45) is 2.27. The van der Waals surface area contributed by atoms with E-state index in [0.717, 1.165) is 22.6 Å². The molecule has 2 aliphatic rings. The molecule has 9 heteroatoms. The van der Waals surface area contributed by atoms with Gasteiger partial charge in [-0.15, -0.1) is 0 Å². The van der Waals surface area contributed by atoms with Gasteiger partial charge in [-0.1, -0.05) is 72.9 Å². The van der Waals surface area contributed by atoms with Crippen LogP contribution in [0.3, 0.4) is 0 Å². The number of amides is 1. The lowest BCUT2D eigenvalue weighted by Crippen LogP contribution is -2.46. The van der Waals surface area contributed by atoms with Gasteiger partial charge >= 0.3 is 6.09 Å². The largest absolute Gasteiger partial charge is 0.443 e. The fourth-order valence-electron chi connectivity index (χ4n) is 3.16. The summed E-state index contributed by atoms with van der Waals surface area (Å²) in [5.74, 6) is 0.0405. The Labute approximate surface area is 207 Å². The average molecular weight is 593 g/mol. The van der Waals surface area contributed by atoms with Gasteiger partial charge < -0.3 is 4.74 Å². The predicted octanol–water partition coefficient (Wildman–Crippen LogP) is 8.10. The smallest absolute Gasteiger partial charge is 0.416 e. The molecule has 166 valence electrons. The highest BCUT2D eigenvalue weighted by atomic mass is 79.9. The Bertz CT molecular complexity index is 1030. The third-order valence-electron chi connectivity index (χ3n) is 4.51. The van der Waals surface area contributed by atoms with Crippen molar-refractivity contribution in [2.45, 2.75) is 45.8 Å². The topological polar surface area (TPSA) is 41.9 Å². The molecule has 31 heavy (non-hydrogen) atoms. The van der Waals surface area contributed by atoms with Crippen molar-refractivity contribution in [3.05, 3.63) is 66.7 Å². The van der Waals surface area contributed by atoms with Gasteiger partial charge in [-0.3, -0.25) is 0 Å². The predicted molar refractivity (Wildman–Crippen MR) is 133 cm³/mol. The minimum Gasteiger partial charge on any atom is -0.443 e. The van der Waals surface area contributed by atoms with Crippen molar-refractivity contribution in [2.24, 2.45) is 4.99 Å². The van der Waals surface area contributed by atoms with Crippen LogP contribution in [0.2, 0.25) is 5.02 Å². The molecule has 0 saturated heterocycles. The van der Waals surface area contributed by atoms with Crippen LogP contribution < -0.4 is 0 Å². The zero-order valence-electron chi connectivity index (χ0n) is 17.5. The molecule has 1 atom stereocenters. The number of nitrogens with zero attached hydrogens (tertiary/aromatic N) is 2. The summed E-state index contributed by atoms with van der Waals surface area (Å²) in [5.41, 5.74) is 1.67. The first-order valence-electron chi connectivity index (χ1n) is 9.55. The van der Waals surface area contributed by atoms with Gasteiger partial charge in [0.05, 0.1) is 10.6 Å². The van der Waals surface area contributed by atoms with Crippen LogP contribution in [0.15, 0.2) is 55.3 Å². The van der Waals surface area contributed by atoms with Crippen LogP contribution in [-0.2, 0) is 4.74 Å². The van der Waals surface area contributed by atoms with E-state index in [9.17, 15) is 9.18 Å². The van der Waals surface area contributed by atoms with E-state index >= 15 is 0 Å². The quantitative estimate of drug-likeness (QED) is 0.333. The maximum atomic E-state index is 13.8. The van der Waals surface area contributed by atoms with Crippen LogP contribution in [0, 0.1) is 5.82 Å². The fourth-order valence-corrected chi connectivity index (χ4v) is 5.78. The third kappa shape index (κ3) is 5.46. The first-order chi connectivity index (χ1) is 14.5. The monoisotopic (exact) mass is 590 g/mol. The number of thioether (sulfide) groups is 1. The van der Waals surface area contributed by atoms with Gasteiger partial charge in [-0.2, -0.15) is 0 Å². The Morgan fingerprint density at radius 2 is 2.13 bits per heavy atom. The molecule has 2 aliphatic heterocycles. The molecule has 4 nitrogen and oxygen atoms in total. The molecule has 0 aliphatic carbocycles. The van der Waals surface area contributed by atoms with Gasteiger partial charge in [0.2, 0.25) is 0 Å². The summed E-state index contributed by atoms with van der Waals surface area (Å²) in [4.78, 5) is 20.7. The van der Waals surface area contributed by atoms with Gasteiger partial charge in [0.1, 0.15) is 17.5 Å². The molecule has 0 spiro atoms. The van der Waals surface area contributed by atoms with Gasteiger partial charge in [-0.25, -0.2) is 19.1 Å². The van der Waals surface area contributed by atoms with Gasteiger partial charge in [0, 0.05) is 14.8 Å². The number of benzene rings is 1. The van der Waals surface area contributed by atoms with Gasteiger partial charge in [-0.05, 0) is 57.2 Å². The van der Waals surface area contributed by atoms with Crippen molar-refractivity contribution in [2.75, 3.05) is 5.33 Å². The van der Waals surface area contributed by atoms with Crippen LogP contribution in [0.5, 0.6) is 0 Å². The van der Waals surface area contributed by atoms with Crippen LogP contribution >= 0.6 is 55.2 Å². The molecule has 0 saturated carbocycles. The van der Waals surface area contributed by atoms with Crippen molar-refractivity contribution < 1.29 is 13.9 Å². The first kappa shape index (κ1) is 24.6. The van der Waals surface area contributed by atoms with Crippen LogP contribution in [-0.4, -0.2) is 27.8 Å². The SMILES string of the molecule is CC1=C(C2=NC(CBr)=C(Br)[C@H](c3ccc(F)cc3Cl)N2C(=O)OC(C)(C)C)SC=CC1. The van der Waals surface area contributed by atoms with E-state index in [2.05, 4.69) is 37.9 Å². The number of allylic oxidation sites excluding steroid dienone is 3. The molecule has 1 amide bonds. The van der Waals surface area contributed by atoms with Crippen LogP contribution in [0.4, 0.5) is 9.18 Å². The van der Waals surface area contributed by atoms with E-state index in [1.165, 1.54) is 28.8 Å². The molecular weight excluding hydrogens is 571 g/mol. The molecule has 2 heterocycles. The zero-order valence-corrected chi connectivity index (χ0v) is 22.3. The number of alkyl halides is 1. The minimum atomic E-state index is -0.714. The summed E-state index contributed by atoms with van der Waals surface area (Å²) in [5, 5.41) is 2.66. The molecule has 0 aromatic heterocycles. The highest BCUT2D eigenvalue weighted by molar-refractivity contribution is 9.12. The van der Waals surface area contributed by atoms with Crippen molar-refractivity contribution in [1.82, 2.24) is 4.90 Å². The van der Waals surface area contributed by atoms with Gasteiger partial charge in [0.15, 0.2) is 5.84 Å². The number of rotatable bonds is 3. The number of ether oxygens (including phenoxy) is 1. The van der Waals surface area contributed by atoms with Crippen LogP contribution in [0.25, 0.3) is 0 Å². The molecule has 0 bridgehead atoms. The second kappa shape index (κ2) is 9.81. The number of halogens is 4. The summed E-state index contributed by atoms with van der Waals surface area (Å²) >= 11 is 15.1. The Morgan fingerprint density at radius 1 is 1.42 bits per heavy atom. The van der Waals surface area contributed by atoms with Crippen molar-refractivity contribution >= 4 is 67.2 Å². The summed E-state index contributed by atoms with van der Waals surface area (Å²) in [6.45, 7) is 7.44. The molecule has 3 rings (SSSR count). The maximum absolute atomic E-state index is 13.8. The Kier molecular flexibility index (Phi) is 7.77. The number of hydrogen-bond acceptors (Lipinski definition) is 4. The van der Waals surface area contributed by atoms with E-state index in [1.807, 2.05) is 33.1 Å². The van der Waals surface area contributed by atoms with Crippen LogP contribution in [0.1, 0.15) is 45.7 Å². The highest BCUT2D eigenvalue weighted by Crippen LogP contribution is 2.45. The van der Waals surface area contributed by atoms with Crippen molar-refractivity contribution in [3.8, 4) is 0 Å². The Morgan fingerprint density at radius 3 is 2.71 bits per heavy atom. The van der Waals surface area contributed by atoms with E-state index < -0.39 is 23.6 Å². The lowest BCUT2D eigenvalue weighted by Gasteiger charge is -2.38. The molecular formula is C22H22Br2ClFN2O2S. The van der Waals surface area contributed by atoms with Gasteiger partial charge in [0.25, 0.3) is 0 Å². The molecule has 0 unspecified atom stereocenters. The third-order valence-corrected chi connectivity index (χ3v) is 7.36. The number of hydrogen-bond donors (Lipinski definition) is 0. The number of aliphatic imine (C=N–C) groups is 1. The molecule has 1 aromatic rings. The Balaban J connectivity index is 2.24. The molecule has 0 fully saturated rings. The lowest BCUT2D eigenvalue weighted by atomic mass is 10.0. The number of carbonyl (C=O) groups is 1. The van der Waals surface area contributed by atoms with E-state index in [4.69, 9.17) is 21.3 Å². The Hall–Kier alpha value is -1.09. The standard InChI is InChI=1S/C22H22Br2ClFN2O2S/c1-12-6-5-9-31-19(12)20-27-16(11-23)17(24)18(14-8-7-13(26)10-15(14)25)28(20)21(29)30-22(2,3)4/h5,7-10,18H,6,11H2,1-4H3/t18-/m0/s1. The minimum absolute atomic E-state index is 0.215. The number of carbonyl (C=O) groups excluding carboxylic acids is 1. The summed E-state index contributed by atoms with van der Waals surface area (Å²) < 4.78 is 20.2. The zero-order chi connectivity index (χ0) is 22.9. The fraction of sp³-hybridized carbons (Fsp3) is 0.364. The normalized spacial score (nSPS) is 19.7. The second-order valence-corrected chi connectivity index (χ2v) is 10.8. The second-order valence-electron chi connectivity index (χ2n) is 8.09. The summed E-state index contributed by atoms with van der Waals surface area (Å²) in [7, 11) is 0. The average Bonchev–Trinajstić information content (AvgIpc) is 2.67. The maximum Gasteiger partial charge on any atom is 0.416 e.